The number of thiophene rings is 1. The molecular formula is C14H10BrNO3S. The molecule has 1 aromatic heterocycles. The number of hydrogen-bond donors (Lipinski definition) is 2. The van der Waals surface area contributed by atoms with Crippen LogP contribution in [0.5, 0.6) is 0 Å². The van der Waals surface area contributed by atoms with Crippen molar-refractivity contribution >= 4 is 45.2 Å². The zero-order valence-electron chi connectivity index (χ0n) is 10.2. The van der Waals surface area contributed by atoms with Crippen molar-refractivity contribution in [1.29, 1.82) is 0 Å². The molecule has 6 heteroatoms. The van der Waals surface area contributed by atoms with Gasteiger partial charge < -0.3 is 10.4 Å². The third-order valence-corrected chi connectivity index (χ3v) is 3.97. The summed E-state index contributed by atoms with van der Waals surface area (Å²) in [5.41, 5.74) is 0.250. The van der Waals surface area contributed by atoms with Crippen LogP contribution in [0.15, 0.2) is 51.9 Å². The lowest BCUT2D eigenvalue weighted by molar-refractivity contribution is -0.132. The summed E-state index contributed by atoms with van der Waals surface area (Å²) in [6.45, 7) is 0. The van der Waals surface area contributed by atoms with Crippen molar-refractivity contribution in [2.75, 3.05) is 0 Å². The summed E-state index contributed by atoms with van der Waals surface area (Å²) in [6.07, 6.45) is 1.43. The lowest BCUT2D eigenvalue weighted by Crippen LogP contribution is -2.27. The molecule has 4 nitrogen and oxygen atoms in total. The number of benzene rings is 1. The molecule has 1 heterocycles. The first-order valence-electron chi connectivity index (χ1n) is 5.63. The van der Waals surface area contributed by atoms with Gasteiger partial charge in [0.05, 0.1) is 3.79 Å². The Labute approximate surface area is 127 Å². The molecule has 0 fully saturated rings. The lowest BCUT2D eigenvalue weighted by atomic mass is 10.2. The molecule has 0 radical (unpaired) electrons. The van der Waals surface area contributed by atoms with Gasteiger partial charge in [-0.25, -0.2) is 4.79 Å². The predicted octanol–water partition coefficient (Wildman–Crippen LogP) is 3.37. The number of carbonyl (C=O) groups excluding carboxylic acids is 1. The summed E-state index contributed by atoms with van der Waals surface area (Å²) in [5.74, 6) is -1.63. The topological polar surface area (TPSA) is 66.4 Å². The Morgan fingerprint density at radius 2 is 1.85 bits per heavy atom. The third-order valence-electron chi connectivity index (χ3n) is 2.40. The van der Waals surface area contributed by atoms with Gasteiger partial charge in [0.25, 0.3) is 5.91 Å². The minimum absolute atomic E-state index is 0.159. The summed E-state index contributed by atoms with van der Waals surface area (Å²) >= 11 is 4.68. The number of halogens is 1. The smallest absolute Gasteiger partial charge is 0.352 e. The quantitative estimate of drug-likeness (QED) is 0.830. The fourth-order valence-corrected chi connectivity index (χ4v) is 2.85. The van der Waals surface area contributed by atoms with Gasteiger partial charge in [0, 0.05) is 10.4 Å². The van der Waals surface area contributed by atoms with E-state index in [0.29, 0.717) is 5.56 Å². The SMILES string of the molecule is O=C(O)/C(=C\c1ccc(Br)s1)NC(=O)c1ccccc1. The van der Waals surface area contributed by atoms with E-state index in [1.54, 1.807) is 36.4 Å². The Morgan fingerprint density at radius 1 is 1.15 bits per heavy atom. The number of amides is 1. The average molecular weight is 352 g/mol. The number of carboxylic acids is 1. The van der Waals surface area contributed by atoms with E-state index >= 15 is 0 Å². The van der Waals surface area contributed by atoms with Crippen molar-refractivity contribution in [2.45, 2.75) is 0 Å². The van der Waals surface area contributed by atoms with E-state index in [1.807, 2.05) is 6.07 Å². The highest BCUT2D eigenvalue weighted by Crippen LogP contribution is 2.23. The maximum Gasteiger partial charge on any atom is 0.352 e. The van der Waals surface area contributed by atoms with Crippen LogP contribution in [0.2, 0.25) is 0 Å². The number of hydrogen-bond acceptors (Lipinski definition) is 3. The molecular weight excluding hydrogens is 342 g/mol. The van der Waals surface area contributed by atoms with Crippen LogP contribution < -0.4 is 5.32 Å². The molecule has 20 heavy (non-hydrogen) atoms. The van der Waals surface area contributed by atoms with Crippen LogP contribution in [0.3, 0.4) is 0 Å². The van der Waals surface area contributed by atoms with E-state index in [9.17, 15) is 9.59 Å². The van der Waals surface area contributed by atoms with Gasteiger partial charge in [0.1, 0.15) is 5.70 Å². The van der Waals surface area contributed by atoms with Crippen LogP contribution in [-0.2, 0) is 4.79 Å². The Morgan fingerprint density at radius 3 is 2.40 bits per heavy atom. The molecule has 0 bridgehead atoms. The van der Waals surface area contributed by atoms with Crippen molar-refractivity contribution in [3.05, 3.63) is 62.4 Å². The Bertz CT molecular complexity index is 664. The Kier molecular flexibility index (Phi) is 4.70. The molecule has 0 aliphatic heterocycles. The predicted molar refractivity (Wildman–Crippen MR) is 81.5 cm³/mol. The molecule has 0 atom stereocenters. The summed E-state index contributed by atoms with van der Waals surface area (Å²) in [5, 5.41) is 11.6. The molecule has 1 amide bonds. The highest BCUT2D eigenvalue weighted by molar-refractivity contribution is 9.11. The monoisotopic (exact) mass is 351 g/mol. The maximum absolute atomic E-state index is 11.9. The summed E-state index contributed by atoms with van der Waals surface area (Å²) in [7, 11) is 0. The molecule has 0 saturated heterocycles. The molecule has 102 valence electrons. The van der Waals surface area contributed by atoms with Crippen LogP contribution >= 0.6 is 27.3 Å². The number of rotatable bonds is 4. The zero-order chi connectivity index (χ0) is 14.5. The molecule has 0 aliphatic rings. The van der Waals surface area contributed by atoms with Crippen molar-refractivity contribution < 1.29 is 14.7 Å². The summed E-state index contributed by atoms with van der Waals surface area (Å²) < 4.78 is 0.892. The maximum atomic E-state index is 11.9. The largest absolute Gasteiger partial charge is 0.477 e. The first kappa shape index (κ1) is 14.5. The van der Waals surface area contributed by atoms with Crippen molar-refractivity contribution in [2.24, 2.45) is 0 Å². The van der Waals surface area contributed by atoms with Gasteiger partial charge in [-0.2, -0.15) is 0 Å². The zero-order valence-corrected chi connectivity index (χ0v) is 12.6. The number of nitrogens with one attached hydrogen (secondary N) is 1. The van der Waals surface area contributed by atoms with Gasteiger partial charge in [0.2, 0.25) is 0 Å². The Balaban J connectivity index is 2.20. The molecule has 2 N–H and O–H groups in total. The molecule has 2 aromatic rings. The van der Waals surface area contributed by atoms with Crippen molar-refractivity contribution in [1.82, 2.24) is 5.32 Å². The minimum atomic E-state index is -1.18. The average Bonchev–Trinajstić information content (AvgIpc) is 2.84. The fraction of sp³-hybridized carbons (Fsp3) is 0. The lowest BCUT2D eigenvalue weighted by Gasteiger charge is -2.05. The Hall–Kier alpha value is -1.92. The van der Waals surface area contributed by atoms with Crippen LogP contribution in [0.4, 0.5) is 0 Å². The van der Waals surface area contributed by atoms with Crippen LogP contribution in [0.25, 0.3) is 6.08 Å². The molecule has 0 spiro atoms. The highest BCUT2D eigenvalue weighted by Gasteiger charge is 2.13. The second kappa shape index (κ2) is 6.49. The van der Waals surface area contributed by atoms with Gasteiger partial charge in [-0.1, -0.05) is 18.2 Å². The van der Waals surface area contributed by atoms with Crippen LogP contribution in [-0.4, -0.2) is 17.0 Å². The van der Waals surface area contributed by atoms with E-state index in [1.165, 1.54) is 17.4 Å². The molecule has 2 rings (SSSR count). The van der Waals surface area contributed by atoms with E-state index in [-0.39, 0.29) is 5.70 Å². The number of aliphatic carboxylic acids is 1. The number of carbonyl (C=O) groups is 2. The second-order valence-corrected chi connectivity index (χ2v) is 6.32. The molecule has 0 aliphatic carbocycles. The van der Waals surface area contributed by atoms with Gasteiger partial charge in [-0.15, -0.1) is 11.3 Å². The van der Waals surface area contributed by atoms with Gasteiger partial charge >= 0.3 is 5.97 Å². The second-order valence-electron chi connectivity index (χ2n) is 3.83. The van der Waals surface area contributed by atoms with Crippen LogP contribution in [0, 0.1) is 0 Å². The van der Waals surface area contributed by atoms with Gasteiger partial charge in [-0.05, 0) is 46.3 Å². The first-order valence-corrected chi connectivity index (χ1v) is 7.24. The standard InChI is InChI=1S/C14H10BrNO3S/c15-12-7-6-10(20-12)8-11(14(18)19)16-13(17)9-4-2-1-3-5-9/h1-8H,(H,16,17)(H,18,19)/b11-8+. The van der Waals surface area contributed by atoms with E-state index < -0.39 is 11.9 Å². The van der Waals surface area contributed by atoms with E-state index in [4.69, 9.17) is 5.11 Å². The van der Waals surface area contributed by atoms with Crippen molar-refractivity contribution in [3.63, 3.8) is 0 Å². The van der Waals surface area contributed by atoms with Gasteiger partial charge in [-0.3, -0.25) is 4.79 Å². The minimum Gasteiger partial charge on any atom is -0.477 e. The van der Waals surface area contributed by atoms with Gasteiger partial charge in [0.15, 0.2) is 0 Å². The first-order chi connectivity index (χ1) is 9.56. The van der Waals surface area contributed by atoms with Crippen LogP contribution in [0.1, 0.15) is 15.2 Å². The normalized spacial score (nSPS) is 11.2. The molecule has 0 saturated carbocycles. The number of carboxylic acid groups (broad SMARTS) is 1. The summed E-state index contributed by atoms with van der Waals surface area (Å²) in [4.78, 5) is 23.9. The molecule has 0 unspecified atom stereocenters. The fourth-order valence-electron chi connectivity index (χ4n) is 1.48. The van der Waals surface area contributed by atoms with E-state index in [2.05, 4.69) is 21.2 Å². The van der Waals surface area contributed by atoms with E-state index in [0.717, 1.165) is 8.66 Å². The molecule has 1 aromatic carbocycles. The summed E-state index contributed by atoms with van der Waals surface area (Å²) in [6, 6.07) is 12.0. The van der Waals surface area contributed by atoms with Crippen molar-refractivity contribution in [3.8, 4) is 0 Å². The highest BCUT2D eigenvalue weighted by atomic mass is 79.9. The third kappa shape index (κ3) is 3.79.